The van der Waals surface area contributed by atoms with E-state index in [1.807, 2.05) is 30.3 Å². The first-order valence-corrected chi connectivity index (χ1v) is 20.3. The maximum atomic E-state index is 14.1. The maximum absolute atomic E-state index is 14.1. The molecular weight excluding hydrogens is 707 g/mol. The van der Waals surface area contributed by atoms with E-state index in [1.54, 1.807) is 33.3 Å². The fourth-order valence-corrected chi connectivity index (χ4v) is 10.5. The Morgan fingerprint density at radius 3 is 1.73 bits per heavy atom. The number of nitriles is 1. The molecular formula is C37H49N5O8S2. The molecule has 0 bridgehead atoms. The topological polar surface area (TPSA) is 175 Å². The quantitative estimate of drug-likeness (QED) is 0.300. The summed E-state index contributed by atoms with van der Waals surface area (Å²) in [5, 5.41) is 15.3. The zero-order valence-corrected chi connectivity index (χ0v) is 31.5. The number of nitrogens with one attached hydrogen (secondary N) is 2. The van der Waals surface area contributed by atoms with Crippen molar-refractivity contribution in [3.63, 3.8) is 0 Å². The molecule has 1 aromatic rings. The lowest BCUT2D eigenvalue weighted by atomic mass is 9.88. The summed E-state index contributed by atoms with van der Waals surface area (Å²) in [7, 11) is 2.61. The van der Waals surface area contributed by atoms with Crippen molar-refractivity contribution in [1.82, 2.24) is 20.4 Å². The smallest absolute Gasteiger partial charge is 0.328 e. The predicted molar refractivity (Wildman–Crippen MR) is 195 cm³/mol. The minimum absolute atomic E-state index is 0.109. The summed E-state index contributed by atoms with van der Waals surface area (Å²) in [4.78, 5) is 83.9. The van der Waals surface area contributed by atoms with Gasteiger partial charge in [-0.2, -0.15) is 5.26 Å². The monoisotopic (exact) mass is 755 g/mol. The van der Waals surface area contributed by atoms with Crippen LogP contribution in [0, 0.1) is 23.2 Å². The molecule has 4 aliphatic rings. The van der Waals surface area contributed by atoms with Crippen LogP contribution in [0.25, 0.3) is 0 Å². The lowest BCUT2D eigenvalue weighted by Gasteiger charge is -2.40. The van der Waals surface area contributed by atoms with Crippen molar-refractivity contribution in [1.29, 1.82) is 5.26 Å². The molecule has 0 saturated carbocycles. The Hall–Kier alpha value is -3.77. The molecule has 8 atom stereocenters. The van der Waals surface area contributed by atoms with Gasteiger partial charge in [0.25, 0.3) is 0 Å². The van der Waals surface area contributed by atoms with Crippen molar-refractivity contribution in [2.24, 2.45) is 11.8 Å². The van der Waals surface area contributed by atoms with Gasteiger partial charge in [-0.05, 0) is 87.7 Å². The van der Waals surface area contributed by atoms with Crippen molar-refractivity contribution in [2.75, 3.05) is 25.7 Å². The molecule has 5 rings (SSSR count). The number of fused-ring (bicyclic) bond motifs is 2. The predicted octanol–water partition coefficient (Wildman–Crippen LogP) is 3.16. The van der Waals surface area contributed by atoms with Crippen LogP contribution in [0.2, 0.25) is 0 Å². The second-order valence-electron chi connectivity index (χ2n) is 13.8. The number of rotatable bonds is 12. The maximum Gasteiger partial charge on any atom is 0.328 e. The lowest BCUT2D eigenvalue weighted by molar-refractivity contribution is -0.156. The zero-order valence-electron chi connectivity index (χ0n) is 29.8. The molecule has 4 fully saturated rings. The van der Waals surface area contributed by atoms with Gasteiger partial charge in [-0.3, -0.25) is 19.2 Å². The molecule has 4 saturated heterocycles. The van der Waals surface area contributed by atoms with Crippen LogP contribution in [-0.2, 0) is 44.7 Å². The molecule has 0 aromatic heterocycles. The summed E-state index contributed by atoms with van der Waals surface area (Å²) < 4.78 is 10.0. The summed E-state index contributed by atoms with van der Waals surface area (Å²) in [5.41, 5.74) is 0.909. The Balaban J connectivity index is 1.29. The molecule has 52 heavy (non-hydrogen) atoms. The summed E-state index contributed by atoms with van der Waals surface area (Å²) in [6.07, 6.45) is 5.60. The first-order valence-electron chi connectivity index (χ1n) is 18.2. The van der Waals surface area contributed by atoms with Crippen LogP contribution in [0.15, 0.2) is 30.3 Å². The fourth-order valence-electron chi connectivity index (χ4n) is 7.74. The van der Waals surface area contributed by atoms with Crippen LogP contribution >= 0.6 is 23.5 Å². The molecule has 4 heterocycles. The number of hydrogen-bond donors (Lipinski definition) is 2. The van der Waals surface area contributed by atoms with E-state index in [0.29, 0.717) is 43.6 Å². The summed E-state index contributed by atoms with van der Waals surface area (Å²) in [6, 6.07) is 8.49. The van der Waals surface area contributed by atoms with Gasteiger partial charge in [0.2, 0.25) is 23.6 Å². The average molecular weight is 756 g/mol. The molecule has 0 radical (unpaired) electrons. The van der Waals surface area contributed by atoms with Gasteiger partial charge in [-0.1, -0.05) is 30.3 Å². The van der Waals surface area contributed by atoms with Crippen LogP contribution in [-0.4, -0.2) is 106 Å². The first kappa shape index (κ1) is 39.4. The second-order valence-corrected chi connectivity index (χ2v) is 16.4. The van der Waals surface area contributed by atoms with Crippen molar-refractivity contribution >= 4 is 59.1 Å². The van der Waals surface area contributed by atoms with Gasteiger partial charge < -0.3 is 29.9 Å². The third kappa shape index (κ3) is 9.41. The fraction of sp³-hybridized carbons (Fsp3) is 0.649. The third-order valence-electron chi connectivity index (χ3n) is 10.5. The van der Waals surface area contributed by atoms with E-state index in [0.717, 1.165) is 31.2 Å². The third-order valence-corrected chi connectivity index (χ3v) is 13.2. The number of thioether (sulfide) groups is 2. The van der Waals surface area contributed by atoms with E-state index < -0.39 is 53.8 Å². The van der Waals surface area contributed by atoms with E-state index in [2.05, 4.69) is 16.7 Å². The lowest BCUT2D eigenvalue weighted by Crippen LogP contribution is -2.58. The second kappa shape index (κ2) is 18.8. The van der Waals surface area contributed by atoms with E-state index in [1.165, 1.54) is 14.2 Å². The minimum atomic E-state index is -0.855. The summed E-state index contributed by atoms with van der Waals surface area (Å²) in [6.45, 7) is 0. The van der Waals surface area contributed by atoms with Crippen LogP contribution in [0.5, 0.6) is 0 Å². The Labute approximate surface area is 313 Å². The normalized spacial score (nSPS) is 27.3. The summed E-state index contributed by atoms with van der Waals surface area (Å²) >= 11 is 3.21. The number of carbonyl (C=O) groups is 6. The van der Waals surface area contributed by atoms with Crippen molar-refractivity contribution < 1.29 is 38.2 Å². The number of esters is 2. The Bertz CT molecular complexity index is 1510. The SMILES string of the molecule is COC(=O)[C@@H]1CCC[C@@H]2SCC[C@H](NC(=O)[C@H](CC[C@H](CC#N)C(=O)N[C@H]3CCS[C@H]4CCC[C@@H](C(=O)OC)N4C3=O)Cc3ccccc3)C(=O)N21. The number of methoxy groups -OCH3 is 2. The molecule has 1 aromatic carbocycles. The van der Waals surface area contributed by atoms with Crippen molar-refractivity contribution in [3.8, 4) is 6.07 Å². The average Bonchev–Trinajstić information content (AvgIpc) is 3.42. The molecule has 282 valence electrons. The van der Waals surface area contributed by atoms with Gasteiger partial charge in [0, 0.05) is 12.3 Å². The molecule has 4 amide bonds. The molecule has 4 aliphatic heterocycles. The van der Waals surface area contributed by atoms with Gasteiger partial charge in [-0.25, -0.2) is 9.59 Å². The number of amides is 4. The van der Waals surface area contributed by atoms with Gasteiger partial charge in [-0.15, -0.1) is 23.5 Å². The molecule has 13 nitrogen and oxygen atoms in total. The zero-order chi connectivity index (χ0) is 37.2. The van der Waals surface area contributed by atoms with Crippen LogP contribution < -0.4 is 10.6 Å². The Morgan fingerprint density at radius 1 is 0.769 bits per heavy atom. The van der Waals surface area contributed by atoms with E-state index >= 15 is 0 Å². The van der Waals surface area contributed by atoms with Gasteiger partial charge >= 0.3 is 11.9 Å². The highest BCUT2D eigenvalue weighted by atomic mass is 32.2. The highest BCUT2D eigenvalue weighted by Gasteiger charge is 2.45. The number of piperidine rings is 2. The molecule has 0 aliphatic carbocycles. The molecule has 15 heteroatoms. The standard InChI is InChI=1S/C37H49N5O8S2/c1-49-36(47)28-10-6-12-30-41(28)34(45)26(17-20-51-30)39-32(43)24(16-19-38)14-15-25(22-23-8-4-3-5-9-23)33(44)40-27-18-21-52-31-13-7-11-29(37(48)50-2)42(31)35(27)46/h3-5,8-9,24-31H,6-7,10-18,20-22H2,1-2H3,(H,39,43)(H,40,44)/t24-,25-,26+,27+,28+,29+,30+,31+/m1/s1. The largest absolute Gasteiger partial charge is 0.467 e. The van der Waals surface area contributed by atoms with E-state index in [4.69, 9.17) is 9.47 Å². The van der Waals surface area contributed by atoms with E-state index in [-0.39, 0.29) is 47.7 Å². The highest BCUT2D eigenvalue weighted by molar-refractivity contribution is 8.00. The number of nitrogens with zero attached hydrogens (tertiary/aromatic N) is 3. The number of benzene rings is 1. The van der Waals surface area contributed by atoms with Crippen LogP contribution in [0.3, 0.4) is 0 Å². The van der Waals surface area contributed by atoms with Crippen LogP contribution in [0.1, 0.15) is 76.2 Å². The van der Waals surface area contributed by atoms with Gasteiger partial charge in [0.05, 0.1) is 37.0 Å². The number of carbonyl (C=O) groups excluding carboxylic acids is 6. The minimum Gasteiger partial charge on any atom is -0.467 e. The van der Waals surface area contributed by atoms with Crippen LogP contribution in [0.4, 0.5) is 0 Å². The Kier molecular flexibility index (Phi) is 14.3. The molecule has 0 spiro atoms. The van der Waals surface area contributed by atoms with Crippen molar-refractivity contribution in [2.45, 2.75) is 112 Å². The number of ether oxygens (including phenoxy) is 2. The van der Waals surface area contributed by atoms with Gasteiger partial charge in [0.15, 0.2) is 0 Å². The molecule has 2 N–H and O–H groups in total. The summed E-state index contributed by atoms with van der Waals surface area (Å²) in [5.74, 6) is -2.51. The number of hydrogen-bond acceptors (Lipinski definition) is 11. The first-order chi connectivity index (χ1) is 25.2. The molecule has 0 unspecified atom stereocenters. The van der Waals surface area contributed by atoms with Gasteiger partial charge in [0.1, 0.15) is 24.2 Å². The Morgan fingerprint density at radius 2 is 1.25 bits per heavy atom. The van der Waals surface area contributed by atoms with E-state index in [9.17, 15) is 34.0 Å². The van der Waals surface area contributed by atoms with Crippen molar-refractivity contribution in [3.05, 3.63) is 35.9 Å². The highest BCUT2D eigenvalue weighted by Crippen LogP contribution is 2.36.